The second kappa shape index (κ2) is 8.50. The molecule has 1 saturated heterocycles. The predicted molar refractivity (Wildman–Crippen MR) is 96.3 cm³/mol. The molecule has 29 heavy (non-hydrogen) atoms. The van der Waals surface area contributed by atoms with Crippen molar-refractivity contribution in [3.63, 3.8) is 0 Å². The minimum absolute atomic E-state index is 0.100. The average Bonchev–Trinajstić information content (AvgIpc) is 3.22. The highest BCUT2D eigenvalue weighted by Crippen LogP contribution is 2.36. The zero-order valence-electron chi connectivity index (χ0n) is 15.6. The molecular formula is C18H20F3N5O3. The standard InChI is InChI=1S/C18H20F3N5O3/c1-2-29-16(27)12-4-3-7-25(9-12)17(28)24-15-6-5-13(26-11-22-10-23-26)8-14(15)18(19,20)21/h5-6,8,10-12H,2-4,7,9H2,1H3,(H,24,28)/t12-/m1/s1. The third-order valence-corrected chi connectivity index (χ3v) is 4.56. The zero-order valence-corrected chi connectivity index (χ0v) is 15.6. The molecule has 0 saturated carbocycles. The van der Waals surface area contributed by atoms with Crippen molar-refractivity contribution in [1.29, 1.82) is 0 Å². The molecule has 156 valence electrons. The van der Waals surface area contributed by atoms with Crippen LogP contribution in [0, 0.1) is 5.92 Å². The lowest BCUT2D eigenvalue weighted by atomic mass is 9.98. The van der Waals surface area contributed by atoms with Crippen molar-refractivity contribution in [2.75, 3.05) is 25.0 Å². The van der Waals surface area contributed by atoms with Crippen molar-refractivity contribution in [2.24, 2.45) is 5.92 Å². The summed E-state index contributed by atoms with van der Waals surface area (Å²) in [5.41, 5.74) is -1.21. The van der Waals surface area contributed by atoms with Gasteiger partial charge in [-0.1, -0.05) is 0 Å². The Bertz CT molecular complexity index is 870. The van der Waals surface area contributed by atoms with Gasteiger partial charge in [0.05, 0.1) is 29.5 Å². The Labute approximate surface area is 164 Å². The SMILES string of the molecule is CCOC(=O)[C@@H]1CCCN(C(=O)Nc2ccc(-n3cncn3)cc2C(F)(F)F)C1. The number of nitrogens with one attached hydrogen (secondary N) is 1. The maximum absolute atomic E-state index is 13.5. The largest absolute Gasteiger partial charge is 0.466 e. The fraction of sp³-hybridized carbons (Fsp3) is 0.444. The van der Waals surface area contributed by atoms with Gasteiger partial charge in [0.25, 0.3) is 0 Å². The maximum atomic E-state index is 13.5. The Morgan fingerprint density at radius 3 is 2.79 bits per heavy atom. The van der Waals surface area contributed by atoms with E-state index in [1.807, 2.05) is 0 Å². The van der Waals surface area contributed by atoms with E-state index >= 15 is 0 Å². The van der Waals surface area contributed by atoms with Crippen LogP contribution in [-0.2, 0) is 15.7 Å². The summed E-state index contributed by atoms with van der Waals surface area (Å²) in [7, 11) is 0. The molecule has 0 spiro atoms. The van der Waals surface area contributed by atoms with E-state index in [9.17, 15) is 22.8 Å². The summed E-state index contributed by atoms with van der Waals surface area (Å²) in [5.74, 6) is -0.885. The van der Waals surface area contributed by atoms with Crippen LogP contribution in [0.4, 0.5) is 23.7 Å². The highest BCUT2D eigenvalue weighted by Gasteiger charge is 2.35. The lowest BCUT2D eigenvalue weighted by molar-refractivity contribution is -0.149. The first-order valence-electron chi connectivity index (χ1n) is 9.08. The molecule has 2 heterocycles. The summed E-state index contributed by atoms with van der Waals surface area (Å²) in [5, 5.41) is 6.13. The van der Waals surface area contributed by atoms with E-state index < -0.39 is 29.7 Å². The second-order valence-electron chi connectivity index (χ2n) is 6.54. The van der Waals surface area contributed by atoms with Crippen molar-refractivity contribution in [1.82, 2.24) is 19.7 Å². The third kappa shape index (κ3) is 4.84. The van der Waals surface area contributed by atoms with Crippen molar-refractivity contribution in [3.8, 4) is 5.69 Å². The minimum Gasteiger partial charge on any atom is -0.466 e. The summed E-state index contributed by atoms with van der Waals surface area (Å²) < 4.78 is 46.8. The number of esters is 1. The lowest BCUT2D eigenvalue weighted by Crippen LogP contribution is -2.44. The smallest absolute Gasteiger partial charge is 0.418 e. The van der Waals surface area contributed by atoms with Gasteiger partial charge in [-0.25, -0.2) is 14.5 Å². The number of hydrogen-bond acceptors (Lipinski definition) is 5. The number of amides is 2. The fourth-order valence-corrected chi connectivity index (χ4v) is 3.17. The summed E-state index contributed by atoms with van der Waals surface area (Å²) >= 11 is 0. The molecule has 1 aliphatic heterocycles. The molecular weight excluding hydrogens is 391 g/mol. The molecule has 0 radical (unpaired) electrons. The molecule has 11 heteroatoms. The highest BCUT2D eigenvalue weighted by atomic mass is 19.4. The monoisotopic (exact) mass is 411 g/mol. The Balaban J connectivity index is 1.78. The van der Waals surface area contributed by atoms with E-state index in [2.05, 4.69) is 15.4 Å². The fourth-order valence-electron chi connectivity index (χ4n) is 3.17. The van der Waals surface area contributed by atoms with E-state index in [4.69, 9.17) is 4.74 Å². The predicted octanol–water partition coefficient (Wildman–Crippen LogP) is 3.09. The number of carbonyl (C=O) groups is 2. The first kappa shape index (κ1) is 20.6. The molecule has 2 amide bonds. The van der Waals surface area contributed by atoms with Crippen LogP contribution in [0.2, 0.25) is 0 Å². The number of rotatable bonds is 4. The first-order valence-corrected chi connectivity index (χ1v) is 9.08. The van der Waals surface area contributed by atoms with Crippen molar-refractivity contribution in [3.05, 3.63) is 36.4 Å². The van der Waals surface area contributed by atoms with Crippen molar-refractivity contribution < 1.29 is 27.5 Å². The van der Waals surface area contributed by atoms with Crippen molar-refractivity contribution >= 4 is 17.7 Å². The topological polar surface area (TPSA) is 89.4 Å². The van der Waals surface area contributed by atoms with Crippen LogP contribution < -0.4 is 5.32 Å². The number of hydrogen-bond donors (Lipinski definition) is 1. The Kier molecular flexibility index (Phi) is 6.04. The van der Waals surface area contributed by atoms with E-state index in [-0.39, 0.29) is 24.5 Å². The minimum atomic E-state index is -4.69. The van der Waals surface area contributed by atoms with Gasteiger partial charge in [-0.3, -0.25) is 4.79 Å². The van der Waals surface area contributed by atoms with Gasteiger partial charge in [0.15, 0.2) is 0 Å². The molecule has 8 nitrogen and oxygen atoms in total. The zero-order chi connectivity index (χ0) is 21.0. The molecule has 1 aliphatic rings. The molecule has 0 unspecified atom stereocenters. The average molecular weight is 411 g/mol. The number of anilines is 1. The summed E-state index contributed by atoms with van der Waals surface area (Å²) in [6.45, 7) is 2.37. The number of carbonyl (C=O) groups excluding carboxylic acids is 2. The van der Waals surface area contributed by atoms with Gasteiger partial charge in [-0.15, -0.1) is 0 Å². The second-order valence-corrected chi connectivity index (χ2v) is 6.54. The van der Waals surface area contributed by atoms with Gasteiger partial charge in [0.1, 0.15) is 12.7 Å². The van der Waals surface area contributed by atoms with Crippen LogP contribution >= 0.6 is 0 Å². The molecule has 2 aromatic rings. The van der Waals surface area contributed by atoms with Crippen LogP contribution in [-0.4, -0.2) is 51.4 Å². The maximum Gasteiger partial charge on any atom is 0.418 e. The number of halogens is 3. The molecule has 3 rings (SSSR count). The quantitative estimate of drug-likeness (QED) is 0.781. The number of benzene rings is 1. The van der Waals surface area contributed by atoms with Gasteiger partial charge in [0, 0.05) is 13.1 Å². The van der Waals surface area contributed by atoms with Gasteiger partial charge < -0.3 is 15.0 Å². The molecule has 1 aromatic heterocycles. The van der Waals surface area contributed by atoms with Crippen LogP contribution in [0.15, 0.2) is 30.9 Å². The molecule has 1 aromatic carbocycles. The molecule has 1 fully saturated rings. The van der Waals surface area contributed by atoms with E-state index in [1.165, 1.54) is 34.4 Å². The van der Waals surface area contributed by atoms with Gasteiger partial charge in [0.2, 0.25) is 0 Å². The summed E-state index contributed by atoms with van der Waals surface area (Å²) in [4.78, 5) is 29.5. The van der Waals surface area contributed by atoms with E-state index in [1.54, 1.807) is 6.92 Å². The highest BCUT2D eigenvalue weighted by molar-refractivity contribution is 5.91. The van der Waals surface area contributed by atoms with Gasteiger partial charge in [-0.05, 0) is 38.0 Å². The Morgan fingerprint density at radius 1 is 1.34 bits per heavy atom. The van der Waals surface area contributed by atoms with Gasteiger partial charge in [-0.2, -0.15) is 18.3 Å². The van der Waals surface area contributed by atoms with E-state index in [0.29, 0.717) is 19.4 Å². The number of piperidine rings is 1. The lowest BCUT2D eigenvalue weighted by Gasteiger charge is -2.31. The molecule has 1 N–H and O–H groups in total. The Hall–Kier alpha value is -3.11. The Morgan fingerprint density at radius 2 is 2.14 bits per heavy atom. The van der Waals surface area contributed by atoms with Gasteiger partial charge >= 0.3 is 18.2 Å². The molecule has 1 atom stereocenters. The third-order valence-electron chi connectivity index (χ3n) is 4.56. The summed E-state index contributed by atoms with van der Waals surface area (Å²) in [6, 6.07) is 2.77. The first-order chi connectivity index (χ1) is 13.8. The normalized spacial score (nSPS) is 17.1. The summed E-state index contributed by atoms with van der Waals surface area (Å²) in [6.07, 6.45) is -1.07. The van der Waals surface area contributed by atoms with E-state index in [0.717, 1.165) is 6.07 Å². The van der Waals surface area contributed by atoms with Crippen LogP contribution in [0.5, 0.6) is 0 Å². The van der Waals surface area contributed by atoms with Crippen LogP contribution in [0.25, 0.3) is 5.69 Å². The number of alkyl halides is 3. The number of nitrogens with zero attached hydrogens (tertiary/aromatic N) is 4. The van der Waals surface area contributed by atoms with Crippen LogP contribution in [0.1, 0.15) is 25.3 Å². The number of ether oxygens (including phenoxy) is 1. The molecule has 0 bridgehead atoms. The number of likely N-dealkylation sites (tertiary alicyclic amines) is 1. The number of aromatic nitrogens is 3. The molecule has 0 aliphatic carbocycles. The number of urea groups is 1. The van der Waals surface area contributed by atoms with Crippen molar-refractivity contribution in [2.45, 2.75) is 25.9 Å². The van der Waals surface area contributed by atoms with Crippen LogP contribution in [0.3, 0.4) is 0 Å².